The Balaban J connectivity index is 1.81. The van der Waals surface area contributed by atoms with Gasteiger partial charge in [0.05, 0.1) is 19.1 Å². The topological polar surface area (TPSA) is 84.9 Å². The predicted octanol–water partition coefficient (Wildman–Crippen LogP) is 3.42. The number of hydrogen-bond acceptors (Lipinski definition) is 6. The summed E-state index contributed by atoms with van der Waals surface area (Å²) in [5.74, 6) is -0.298. The largest absolute Gasteiger partial charge is 0.459 e. The van der Waals surface area contributed by atoms with Gasteiger partial charge in [0.2, 0.25) is 0 Å². The van der Waals surface area contributed by atoms with E-state index in [1.54, 1.807) is 45.0 Å². The van der Waals surface area contributed by atoms with Crippen LogP contribution in [0.15, 0.2) is 42.5 Å². The highest BCUT2D eigenvalue weighted by atomic mass is 16.6. The lowest BCUT2D eigenvalue weighted by molar-refractivity contribution is -0.153. The lowest BCUT2D eigenvalue weighted by Crippen LogP contribution is -2.33. The van der Waals surface area contributed by atoms with Crippen molar-refractivity contribution in [2.45, 2.75) is 52.7 Å². The highest BCUT2D eigenvalue weighted by Crippen LogP contribution is 2.18. The normalized spacial score (nSPS) is 12.3. The summed E-state index contributed by atoms with van der Waals surface area (Å²) >= 11 is 0. The van der Waals surface area contributed by atoms with E-state index in [2.05, 4.69) is 5.32 Å². The molecule has 0 bridgehead atoms. The molecule has 2 aromatic rings. The Hall–Kier alpha value is -2.70. The zero-order valence-corrected chi connectivity index (χ0v) is 18.3. The summed E-state index contributed by atoms with van der Waals surface area (Å²) in [5, 5.41) is 13.1. The highest BCUT2D eigenvalue weighted by molar-refractivity contribution is 5.75. The molecule has 162 valence electrons. The van der Waals surface area contributed by atoms with Gasteiger partial charge in [0.1, 0.15) is 11.4 Å². The number of benzene rings is 2. The van der Waals surface area contributed by atoms with Crippen molar-refractivity contribution in [2.75, 3.05) is 13.1 Å². The van der Waals surface area contributed by atoms with Crippen molar-refractivity contribution in [1.29, 1.82) is 0 Å². The first-order chi connectivity index (χ1) is 14.0. The van der Waals surface area contributed by atoms with Crippen LogP contribution in [-0.4, -0.2) is 35.7 Å². The van der Waals surface area contributed by atoms with Crippen LogP contribution in [-0.2, 0) is 20.7 Å². The molecule has 0 aromatic heterocycles. The molecule has 6 heteroatoms. The van der Waals surface area contributed by atoms with Crippen molar-refractivity contribution in [3.8, 4) is 5.75 Å². The molecule has 0 saturated carbocycles. The third-order valence-corrected chi connectivity index (χ3v) is 4.44. The summed E-state index contributed by atoms with van der Waals surface area (Å²) in [5.41, 5.74) is 3.34. The number of esters is 2. The van der Waals surface area contributed by atoms with E-state index >= 15 is 0 Å². The molecule has 0 amide bonds. The molecule has 0 aliphatic carbocycles. The molecule has 2 rings (SSSR count). The van der Waals surface area contributed by atoms with Crippen molar-refractivity contribution in [3.63, 3.8) is 0 Å². The first-order valence-corrected chi connectivity index (χ1v) is 10.0. The van der Waals surface area contributed by atoms with Gasteiger partial charge in [0.15, 0.2) is 0 Å². The highest BCUT2D eigenvalue weighted by Gasteiger charge is 2.16. The molecule has 0 fully saturated rings. The lowest BCUT2D eigenvalue weighted by atomic mass is 10.0. The van der Waals surface area contributed by atoms with E-state index in [0.717, 1.165) is 11.1 Å². The Morgan fingerprint density at radius 3 is 2.27 bits per heavy atom. The minimum absolute atomic E-state index is 0.0164. The van der Waals surface area contributed by atoms with Gasteiger partial charge in [-0.1, -0.05) is 30.3 Å². The summed E-state index contributed by atoms with van der Waals surface area (Å²) in [6, 6.07) is 12.6. The van der Waals surface area contributed by atoms with Crippen molar-refractivity contribution < 1.29 is 24.2 Å². The number of aliphatic hydroxyl groups excluding tert-OH is 1. The maximum absolute atomic E-state index is 12.2. The van der Waals surface area contributed by atoms with Crippen LogP contribution < -0.4 is 10.1 Å². The van der Waals surface area contributed by atoms with Gasteiger partial charge in [-0.3, -0.25) is 9.59 Å². The average molecular weight is 414 g/mol. The minimum atomic E-state index is -0.798. The van der Waals surface area contributed by atoms with Crippen LogP contribution in [0.4, 0.5) is 0 Å². The van der Waals surface area contributed by atoms with Crippen molar-refractivity contribution in [2.24, 2.45) is 0 Å². The number of carbonyl (C=O) groups is 2. The lowest BCUT2D eigenvalue weighted by Gasteiger charge is -2.20. The SMILES string of the molecule is Cc1ccc(CC(=O)Oc2ccc(C(O)CNCC(=O)OC(C)(C)C)cc2)cc1C. The number of rotatable bonds is 8. The van der Waals surface area contributed by atoms with Crippen LogP contribution in [0.25, 0.3) is 0 Å². The molecular formula is C24H31NO5. The molecule has 0 aliphatic rings. The maximum atomic E-state index is 12.2. The molecule has 0 aliphatic heterocycles. The van der Waals surface area contributed by atoms with Gasteiger partial charge in [-0.2, -0.15) is 0 Å². The molecule has 30 heavy (non-hydrogen) atoms. The van der Waals surface area contributed by atoms with E-state index in [1.807, 2.05) is 32.0 Å². The van der Waals surface area contributed by atoms with Gasteiger partial charge in [-0.05, 0) is 69.0 Å². The van der Waals surface area contributed by atoms with E-state index < -0.39 is 11.7 Å². The molecule has 1 atom stereocenters. The van der Waals surface area contributed by atoms with Gasteiger partial charge < -0.3 is 19.9 Å². The third-order valence-electron chi connectivity index (χ3n) is 4.44. The zero-order valence-electron chi connectivity index (χ0n) is 18.3. The maximum Gasteiger partial charge on any atom is 0.320 e. The van der Waals surface area contributed by atoms with E-state index in [-0.39, 0.29) is 31.4 Å². The van der Waals surface area contributed by atoms with E-state index in [1.165, 1.54) is 5.56 Å². The molecule has 0 heterocycles. The van der Waals surface area contributed by atoms with Gasteiger partial charge in [-0.15, -0.1) is 0 Å². The van der Waals surface area contributed by atoms with E-state index in [4.69, 9.17) is 9.47 Å². The van der Waals surface area contributed by atoms with Crippen molar-refractivity contribution in [1.82, 2.24) is 5.32 Å². The fourth-order valence-corrected chi connectivity index (χ4v) is 2.81. The fourth-order valence-electron chi connectivity index (χ4n) is 2.81. The second kappa shape index (κ2) is 10.4. The number of ether oxygens (including phenoxy) is 2. The molecule has 2 aromatic carbocycles. The smallest absolute Gasteiger partial charge is 0.320 e. The standard InChI is InChI=1S/C24H31NO5/c1-16-6-7-18(12-17(16)2)13-22(27)29-20-10-8-19(9-11-20)21(26)14-25-15-23(28)30-24(3,4)5/h6-12,21,25-26H,13-15H2,1-5H3. The van der Waals surface area contributed by atoms with Gasteiger partial charge in [0, 0.05) is 6.54 Å². The number of carbonyl (C=O) groups excluding carboxylic acids is 2. The summed E-state index contributed by atoms with van der Waals surface area (Å²) in [7, 11) is 0. The quantitative estimate of drug-likeness (QED) is 0.510. The predicted molar refractivity (Wildman–Crippen MR) is 115 cm³/mol. The van der Waals surface area contributed by atoms with E-state index in [9.17, 15) is 14.7 Å². The van der Waals surface area contributed by atoms with Crippen molar-refractivity contribution >= 4 is 11.9 Å². The van der Waals surface area contributed by atoms with Crippen LogP contribution in [0.2, 0.25) is 0 Å². The molecule has 6 nitrogen and oxygen atoms in total. The first-order valence-electron chi connectivity index (χ1n) is 10.0. The van der Waals surface area contributed by atoms with Gasteiger partial charge in [0.25, 0.3) is 0 Å². The van der Waals surface area contributed by atoms with Crippen molar-refractivity contribution in [3.05, 3.63) is 64.7 Å². The molecule has 2 N–H and O–H groups in total. The molecule has 0 spiro atoms. The zero-order chi connectivity index (χ0) is 22.3. The summed E-state index contributed by atoms with van der Waals surface area (Å²) in [4.78, 5) is 23.9. The first kappa shape index (κ1) is 23.6. The van der Waals surface area contributed by atoms with Crippen LogP contribution in [0.5, 0.6) is 5.75 Å². The number of aliphatic hydroxyl groups is 1. The van der Waals surface area contributed by atoms with Crippen LogP contribution in [0.3, 0.4) is 0 Å². The van der Waals surface area contributed by atoms with E-state index in [0.29, 0.717) is 11.3 Å². The van der Waals surface area contributed by atoms with Crippen LogP contribution >= 0.6 is 0 Å². The second-order valence-electron chi connectivity index (χ2n) is 8.37. The Labute approximate surface area is 178 Å². The Kier molecular flexibility index (Phi) is 8.15. The Morgan fingerprint density at radius 2 is 1.67 bits per heavy atom. The Morgan fingerprint density at radius 1 is 1.00 bits per heavy atom. The van der Waals surface area contributed by atoms with Gasteiger partial charge >= 0.3 is 11.9 Å². The monoisotopic (exact) mass is 413 g/mol. The van der Waals surface area contributed by atoms with Gasteiger partial charge in [-0.25, -0.2) is 0 Å². The second-order valence-corrected chi connectivity index (χ2v) is 8.37. The molecule has 1 unspecified atom stereocenters. The molecular weight excluding hydrogens is 382 g/mol. The summed E-state index contributed by atoms with van der Waals surface area (Å²) < 4.78 is 10.6. The number of aryl methyl sites for hydroxylation is 2. The number of nitrogens with one attached hydrogen (secondary N) is 1. The Bertz CT molecular complexity index is 868. The molecule has 0 saturated heterocycles. The van der Waals surface area contributed by atoms with Crippen LogP contribution in [0, 0.1) is 13.8 Å². The number of hydrogen-bond donors (Lipinski definition) is 2. The third kappa shape index (κ3) is 7.97. The molecule has 0 radical (unpaired) electrons. The fraction of sp³-hybridized carbons (Fsp3) is 0.417. The average Bonchev–Trinajstić information content (AvgIpc) is 2.63. The van der Waals surface area contributed by atoms with Crippen LogP contribution in [0.1, 0.15) is 49.1 Å². The summed E-state index contributed by atoms with van der Waals surface area (Å²) in [6.07, 6.45) is -0.604. The minimum Gasteiger partial charge on any atom is -0.459 e. The summed E-state index contributed by atoms with van der Waals surface area (Å²) in [6.45, 7) is 9.66.